The van der Waals surface area contributed by atoms with Crippen LogP contribution in [-0.2, 0) is 4.79 Å². The van der Waals surface area contributed by atoms with Gasteiger partial charge >= 0.3 is 0 Å². The third kappa shape index (κ3) is 4.36. The molecule has 0 radical (unpaired) electrons. The van der Waals surface area contributed by atoms with Crippen LogP contribution in [0.15, 0.2) is 18.2 Å². The number of nitrogens with one attached hydrogen (secondary N) is 1. The van der Waals surface area contributed by atoms with Gasteiger partial charge in [0.2, 0.25) is 5.91 Å². The molecule has 3 N–H and O–H groups in total. The fourth-order valence-electron chi connectivity index (χ4n) is 1.55. The molecular formula is C13H19ClN2O. The number of unbranched alkanes of at least 4 members (excludes halogenated alkanes) is 1. The molecule has 4 heteroatoms. The fourth-order valence-corrected chi connectivity index (χ4v) is 1.77. The summed E-state index contributed by atoms with van der Waals surface area (Å²) < 4.78 is 0. The van der Waals surface area contributed by atoms with Crippen LogP contribution in [0.4, 0.5) is 5.69 Å². The van der Waals surface area contributed by atoms with Gasteiger partial charge in [0.1, 0.15) is 0 Å². The lowest BCUT2D eigenvalue weighted by atomic mass is 10.1. The van der Waals surface area contributed by atoms with E-state index in [1.165, 1.54) is 0 Å². The van der Waals surface area contributed by atoms with Gasteiger partial charge in [-0.1, -0.05) is 31.4 Å². The van der Waals surface area contributed by atoms with Crippen LogP contribution in [0.25, 0.3) is 0 Å². The van der Waals surface area contributed by atoms with Gasteiger partial charge in [0.05, 0.1) is 6.04 Å². The first-order valence-corrected chi connectivity index (χ1v) is 6.25. The minimum Gasteiger partial charge on any atom is -0.324 e. The topological polar surface area (TPSA) is 55.1 Å². The third-order valence-corrected chi connectivity index (χ3v) is 2.89. The lowest BCUT2D eigenvalue weighted by Gasteiger charge is -2.13. The molecule has 1 aromatic carbocycles. The molecule has 0 aliphatic rings. The minimum absolute atomic E-state index is 0.135. The smallest absolute Gasteiger partial charge is 0.241 e. The maximum atomic E-state index is 11.8. The van der Waals surface area contributed by atoms with E-state index in [-0.39, 0.29) is 5.91 Å². The van der Waals surface area contributed by atoms with Crippen LogP contribution in [0.2, 0.25) is 5.02 Å². The predicted octanol–water partition coefficient (Wildman–Crippen LogP) is 3.10. The molecule has 3 nitrogen and oxygen atoms in total. The molecule has 0 aliphatic heterocycles. The van der Waals surface area contributed by atoms with E-state index in [2.05, 4.69) is 12.2 Å². The number of nitrogens with two attached hydrogens (primary N) is 1. The summed E-state index contributed by atoms with van der Waals surface area (Å²) in [5.74, 6) is -0.135. The van der Waals surface area contributed by atoms with Crippen LogP contribution in [0.5, 0.6) is 0 Å². The monoisotopic (exact) mass is 254 g/mol. The molecule has 0 aliphatic carbocycles. The lowest BCUT2D eigenvalue weighted by Crippen LogP contribution is -2.35. The first-order chi connectivity index (χ1) is 8.04. The van der Waals surface area contributed by atoms with Crippen LogP contribution in [-0.4, -0.2) is 11.9 Å². The molecule has 94 valence electrons. The van der Waals surface area contributed by atoms with Crippen LogP contribution in [0, 0.1) is 6.92 Å². The van der Waals surface area contributed by atoms with Crippen molar-refractivity contribution in [1.82, 2.24) is 0 Å². The summed E-state index contributed by atoms with van der Waals surface area (Å²) >= 11 is 5.85. The van der Waals surface area contributed by atoms with Crippen molar-refractivity contribution < 1.29 is 4.79 Å². The molecule has 0 heterocycles. The van der Waals surface area contributed by atoms with Crippen molar-refractivity contribution in [2.45, 2.75) is 39.2 Å². The number of aryl methyl sites for hydroxylation is 1. The van der Waals surface area contributed by atoms with Gasteiger partial charge < -0.3 is 11.1 Å². The van der Waals surface area contributed by atoms with Crippen LogP contribution in [0.3, 0.4) is 0 Å². The summed E-state index contributed by atoms with van der Waals surface area (Å²) in [6, 6.07) is 4.92. The van der Waals surface area contributed by atoms with Gasteiger partial charge in [-0.25, -0.2) is 0 Å². The molecule has 1 atom stereocenters. The summed E-state index contributed by atoms with van der Waals surface area (Å²) in [6.07, 6.45) is 2.73. The van der Waals surface area contributed by atoms with E-state index >= 15 is 0 Å². The molecule has 1 aromatic rings. The molecule has 0 bridgehead atoms. The van der Waals surface area contributed by atoms with Gasteiger partial charge in [0, 0.05) is 10.7 Å². The molecule has 0 unspecified atom stereocenters. The molecule has 1 amide bonds. The Morgan fingerprint density at radius 3 is 2.82 bits per heavy atom. The molecule has 0 fully saturated rings. The normalized spacial score (nSPS) is 12.2. The van der Waals surface area contributed by atoms with Gasteiger partial charge in [-0.2, -0.15) is 0 Å². The van der Waals surface area contributed by atoms with Gasteiger partial charge in [-0.05, 0) is 37.1 Å². The molecular weight excluding hydrogens is 236 g/mol. The largest absolute Gasteiger partial charge is 0.324 e. The van der Waals surface area contributed by atoms with E-state index in [0.29, 0.717) is 5.02 Å². The van der Waals surface area contributed by atoms with E-state index in [1.54, 1.807) is 12.1 Å². The van der Waals surface area contributed by atoms with E-state index in [9.17, 15) is 4.79 Å². The average molecular weight is 255 g/mol. The zero-order chi connectivity index (χ0) is 12.8. The molecule has 0 saturated heterocycles. The standard InChI is InChI=1S/C13H19ClN2O/c1-3-4-5-11(15)13(17)16-12-7-6-10(14)8-9(12)2/h6-8,11H,3-5,15H2,1-2H3,(H,16,17)/t11-/m0/s1. The summed E-state index contributed by atoms with van der Waals surface area (Å²) in [7, 11) is 0. The van der Waals surface area contributed by atoms with Crippen molar-refractivity contribution in [3.63, 3.8) is 0 Å². The number of hydrogen-bond donors (Lipinski definition) is 2. The second-order valence-electron chi connectivity index (χ2n) is 4.20. The highest BCUT2D eigenvalue weighted by molar-refractivity contribution is 6.30. The second-order valence-corrected chi connectivity index (χ2v) is 4.63. The van der Waals surface area contributed by atoms with E-state index in [4.69, 9.17) is 17.3 Å². The Bertz CT molecular complexity index is 393. The number of anilines is 1. The highest BCUT2D eigenvalue weighted by Gasteiger charge is 2.13. The zero-order valence-electron chi connectivity index (χ0n) is 10.3. The lowest BCUT2D eigenvalue weighted by molar-refractivity contribution is -0.117. The summed E-state index contributed by atoms with van der Waals surface area (Å²) in [6.45, 7) is 3.98. The Morgan fingerprint density at radius 2 is 2.24 bits per heavy atom. The maximum Gasteiger partial charge on any atom is 0.241 e. The predicted molar refractivity (Wildman–Crippen MR) is 72.3 cm³/mol. The Balaban J connectivity index is 2.61. The van der Waals surface area contributed by atoms with Crippen molar-refractivity contribution in [2.24, 2.45) is 5.73 Å². The molecule has 0 saturated carbocycles. The Hall–Kier alpha value is -1.06. The van der Waals surface area contributed by atoms with Crippen molar-refractivity contribution in [2.75, 3.05) is 5.32 Å². The quantitative estimate of drug-likeness (QED) is 0.848. The number of amides is 1. The Morgan fingerprint density at radius 1 is 1.53 bits per heavy atom. The summed E-state index contributed by atoms with van der Waals surface area (Å²) in [5, 5.41) is 3.49. The number of hydrogen-bond acceptors (Lipinski definition) is 2. The van der Waals surface area contributed by atoms with E-state index < -0.39 is 6.04 Å². The maximum absolute atomic E-state index is 11.8. The van der Waals surface area contributed by atoms with Gasteiger partial charge in [0.15, 0.2) is 0 Å². The number of carbonyl (C=O) groups is 1. The Kier molecular flexibility index (Phi) is 5.45. The first kappa shape index (κ1) is 14.0. The number of rotatable bonds is 5. The SMILES string of the molecule is CCCC[C@H](N)C(=O)Nc1ccc(Cl)cc1C. The minimum atomic E-state index is -0.440. The van der Waals surface area contributed by atoms with Gasteiger partial charge in [-0.3, -0.25) is 4.79 Å². The van der Waals surface area contributed by atoms with Crippen LogP contribution >= 0.6 is 11.6 Å². The molecule has 0 aromatic heterocycles. The number of carbonyl (C=O) groups excluding carboxylic acids is 1. The first-order valence-electron chi connectivity index (χ1n) is 5.87. The van der Waals surface area contributed by atoms with Crippen molar-refractivity contribution in [3.05, 3.63) is 28.8 Å². The number of benzene rings is 1. The fraction of sp³-hybridized carbons (Fsp3) is 0.462. The molecule has 0 spiro atoms. The van der Waals surface area contributed by atoms with Crippen molar-refractivity contribution in [1.29, 1.82) is 0 Å². The second kappa shape index (κ2) is 6.62. The zero-order valence-corrected chi connectivity index (χ0v) is 11.1. The third-order valence-electron chi connectivity index (χ3n) is 2.65. The van der Waals surface area contributed by atoms with Crippen LogP contribution in [0.1, 0.15) is 31.7 Å². The highest BCUT2D eigenvalue weighted by Crippen LogP contribution is 2.19. The average Bonchev–Trinajstić information content (AvgIpc) is 2.29. The van der Waals surface area contributed by atoms with E-state index in [1.807, 2.05) is 13.0 Å². The van der Waals surface area contributed by atoms with E-state index in [0.717, 1.165) is 30.5 Å². The van der Waals surface area contributed by atoms with Crippen molar-refractivity contribution >= 4 is 23.2 Å². The summed E-state index contributed by atoms with van der Waals surface area (Å²) in [5.41, 5.74) is 7.50. The molecule has 1 rings (SSSR count). The summed E-state index contributed by atoms with van der Waals surface area (Å²) in [4.78, 5) is 11.8. The van der Waals surface area contributed by atoms with Gasteiger partial charge in [0.25, 0.3) is 0 Å². The van der Waals surface area contributed by atoms with Crippen molar-refractivity contribution in [3.8, 4) is 0 Å². The number of halogens is 1. The molecule has 17 heavy (non-hydrogen) atoms. The van der Waals surface area contributed by atoms with Gasteiger partial charge in [-0.15, -0.1) is 0 Å². The highest BCUT2D eigenvalue weighted by atomic mass is 35.5. The Labute approximate surface area is 107 Å². The van der Waals surface area contributed by atoms with Crippen LogP contribution < -0.4 is 11.1 Å².